The summed E-state index contributed by atoms with van der Waals surface area (Å²) in [4.78, 5) is 16.8. The summed E-state index contributed by atoms with van der Waals surface area (Å²) < 4.78 is 13.1. The number of hydrogen-bond donors (Lipinski definition) is 1. The van der Waals surface area contributed by atoms with Crippen molar-refractivity contribution in [3.05, 3.63) is 71.5 Å². The highest BCUT2D eigenvalue weighted by molar-refractivity contribution is 5.82. The SMILES string of the molecule is C[C@@H]1CN(Cc2ccc(F)cc2)[C@@H](C)CN1C(=O)C(O)c1ccccc1. The fourth-order valence-corrected chi connectivity index (χ4v) is 3.48. The topological polar surface area (TPSA) is 43.8 Å². The fraction of sp³-hybridized carbons (Fsp3) is 0.381. The molecule has 1 aliphatic rings. The maximum Gasteiger partial charge on any atom is 0.256 e. The van der Waals surface area contributed by atoms with Crippen molar-refractivity contribution in [1.82, 2.24) is 9.80 Å². The number of piperazine rings is 1. The molecule has 3 atom stereocenters. The first-order valence-electron chi connectivity index (χ1n) is 8.97. The Labute approximate surface area is 153 Å². The van der Waals surface area contributed by atoms with Gasteiger partial charge in [-0.15, -0.1) is 0 Å². The van der Waals surface area contributed by atoms with Gasteiger partial charge in [-0.25, -0.2) is 4.39 Å². The van der Waals surface area contributed by atoms with Crippen molar-refractivity contribution in [2.75, 3.05) is 13.1 Å². The number of carbonyl (C=O) groups is 1. The number of rotatable bonds is 4. The van der Waals surface area contributed by atoms with Crippen LogP contribution in [0.5, 0.6) is 0 Å². The van der Waals surface area contributed by atoms with Crippen molar-refractivity contribution in [3.63, 3.8) is 0 Å². The van der Waals surface area contributed by atoms with Gasteiger partial charge in [0.25, 0.3) is 5.91 Å². The zero-order valence-corrected chi connectivity index (χ0v) is 15.2. The summed E-state index contributed by atoms with van der Waals surface area (Å²) in [7, 11) is 0. The first kappa shape index (κ1) is 18.5. The molecule has 3 rings (SSSR count). The van der Waals surface area contributed by atoms with Crippen LogP contribution in [0.1, 0.15) is 31.1 Å². The van der Waals surface area contributed by atoms with Gasteiger partial charge in [-0.2, -0.15) is 0 Å². The van der Waals surface area contributed by atoms with Crippen molar-refractivity contribution in [3.8, 4) is 0 Å². The number of benzene rings is 2. The molecule has 0 spiro atoms. The average molecular weight is 356 g/mol. The minimum Gasteiger partial charge on any atom is -0.378 e. The van der Waals surface area contributed by atoms with E-state index in [4.69, 9.17) is 0 Å². The summed E-state index contributed by atoms with van der Waals surface area (Å²) in [5.41, 5.74) is 1.67. The van der Waals surface area contributed by atoms with Crippen LogP contribution in [0.15, 0.2) is 54.6 Å². The van der Waals surface area contributed by atoms with Crippen molar-refractivity contribution in [2.24, 2.45) is 0 Å². The Hall–Kier alpha value is -2.24. The monoisotopic (exact) mass is 356 g/mol. The largest absolute Gasteiger partial charge is 0.378 e. The highest BCUT2D eigenvalue weighted by Gasteiger charge is 2.34. The molecule has 1 heterocycles. The van der Waals surface area contributed by atoms with E-state index in [0.717, 1.165) is 12.1 Å². The van der Waals surface area contributed by atoms with Crippen LogP contribution in [0.2, 0.25) is 0 Å². The van der Waals surface area contributed by atoms with Crippen LogP contribution in [0, 0.1) is 5.82 Å². The third-order valence-corrected chi connectivity index (χ3v) is 5.05. The van der Waals surface area contributed by atoms with E-state index in [1.54, 1.807) is 29.2 Å². The minimum absolute atomic E-state index is 0.00230. The molecule has 1 saturated heterocycles. The van der Waals surface area contributed by atoms with Crippen molar-refractivity contribution in [2.45, 2.75) is 38.6 Å². The summed E-state index contributed by atoms with van der Waals surface area (Å²) >= 11 is 0. The molecule has 0 aromatic heterocycles. The lowest BCUT2D eigenvalue weighted by molar-refractivity contribution is -0.146. The molecule has 0 radical (unpaired) electrons. The van der Waals surface area contributed by atoms with Gasteiger partial charge in [-0.3, -0.25) is 9.69 Å². The molecule has 1 fully saturated rings. The van der Waals surface area contributed by atoms with Crippen LogP contribution in [-0.4, -0.2) is 46.0 Å². The van der Waals surface area contributed by atoms with Gasteiger partial charge in [-0.05, 0) is 37.1 Å². The van der Waals surface area contributed by atoms with E-state index in [1.807, 2.05) is 25.1 Å². The Kier molecular flexibility index (Phi) is 5.69. The molecule has 1 unspecified atom stereocenters. The third kappa shape index (κ3) is 4.11. The van der Waals surface area contributed by atoms with Gasteiger partial charge >= 0.3 is 0 Å². The Morgan fingerprint density at radius 1 is 1.08 bits per heavy atom. The van der Waals surface area contributed by atoms with E-state index in [-0.39, 0.29) is 23.8 Å². The summed E-state index contributed by atoms with van der Waals surface area (Å²) in [5, 5.41) is 10.4. The normalized spacial score (nSPS) is 22.2. The number of hydrogen-bond acceptors (Lipinski definition) is 3. The van der Waals surface area contributed by atoms with Gasteiger partial charge in [0.15, 0.2) is 6.10 Å². The summed E-state index contributed by atoms with van der Waals surface area (Å²) in [6, 6.07) is 15.7. The highest BCUT2D eigenvalue weighted by atomic mass is 19.1. The zero-order chi connectivity index (χ0) is 18.7. The lowest BCUT2D eigenvalue weighted by Gasteiger charge is -2.44. The van der Waals surface area contributed by atoms with Crippen molar-refractivity contribution in [1.29, 1.82) is 0 Å². The Morgan fingerprint density at radius 2 is 1.73 bits per heavy atom. The standard InChI is InChI=1S/C21H25FN2O2/c1-15-13-24(21(26)20(25)18-6-4-3-5-7-18)16(2)12-23(15)14-17-8-10-19(22)11-9-17/h3-11,15-16,20,25H,12-14H2,1-2H3/t15-,16+,20?/m0/s1. The number of carbonyl (C=O) groups excluding carboxylic acids is 1. The van der Waals surface area contributed by atoms with Crippen LogP contribution in [0.3, 0.4) is 0 Å². The fourth-order valence-electron chi connectivity index (χ4n) is 3.48. The van der Waals surface area contributed by atoms with E-state index in [9.17, 15) is 14.3 Å². The number of aliphatic hydroxyl groups is 1. The quantitative estimate of drug-likeness (QED) is 0.916. The molecule has 5 heteroatoms. The molecular formula is C21H25FN2O2. The summed E-state index contributed by atoms with van der Waals surface area (Å²) in [5.74, 6) is -0.488. The Balaban J connectivity index is 1.66. The van der Waals surface area contributed by atoms with Gasteiger partial charge in [0.2, 0.25) is 0 Å². The summed E-state index contributed by atoms with van der Waals surface area (Å²) in [6.07, 6.45) is -1.13. The second-order valence-electron chi connectivity index (χ2n) is 7.06. The third-order valence-electron chi connectivity index (χ3n) is 5.05. The zero-order valence-electron chi connectivity index (χ0n) is 15.2. The predicted molar refractivity (Wildman–Crippen MR) is 98.8 cm³/mol. The smallest absolute Gasteiger partial charge is 0.256 e. The van der Waals surface area contributed by atoms with Crippen molar-refractivity contribution >= 4 is 5.91 Å². The maximum absolute atomic E-state index is 13.1. The van der Waals surface area contributed by atoms with Crippen LogP contribution in [0.4, 0.5) is 4.39 Å². The molecular weight excluding hydrogens is 331 g/mol. The molecule has 4 nitrogen and oxygen atoms in total. The van der Waals surface area contributed by atoms with Gasteiger partial charge in [0.1, 0.15) is 5.82 Å². The first-order chi connectivity index (χ1) is 12.5. The number of halogens is 1. The molecule has 0 bridgehead atoms. The highest BCUT2D eigenvalue weighted by Crippen LogP contribution is 2.23. The lowest BCUT2D eigenvalue weighted by Crippen LogP contribution is -2.58. The molecule has 2 aromatic rings. The molecule has 1 N–H and O–H groups in total. The first-order valence-corrected chi connectivity index (χ1v) is 8.97. The van der Waals surface area contributed by atoms with Crippen LogP contribution in [-0.2, 0) is 11.3 Å². The second kappa shape index (κ2) is 7.98. The van der Waals surface area contributed by atoms with E-state index >= 15 is 0 Å². The molecule has 0 aliphatic carbocycles. The van der Waals surface area contributed by atoms with E-state index < -0.39 is 6.10 Å². The molecule has 138 valence electrons. The maximum atomic E-state index is 13.1. The van der Waals surface area contributed by atoms with E-state index in [2.05, 4.69) is 11.8 Å². The lowest BCUT2D eigenvalue weighted by atomic mass is 10.0. The number of aliphatic hydroxyl groups excluding tert-OH is 1. The molecule has 1 amide bonds. The Bertz CT molecular complexity index is 735. The predicted octanol–water partition coefficient (Wildman–Crippen LogP) is 2.98. The molecule has 26 heavy (non-hydrogen) atoms. The van der Waals surface area contributed by atoms with Gasteiger partial charge in [0.05, 0.1) is 0 Å². The Morgan fingerprint density at radius 3 is 2.38 bits per heavy atom. The van der Waals surface area contributed by atoms with Crippen LogP contribution < -0.4 is 0 Å². The molecule has 2 aromatic carbocycles. The van der Waals surface area contributed by atoms with E-state index in [1.165, 1.54) is 12.1 Å². The van der Waals surface area contributed by atoms with Gasteiger partial charge < -0.3 is 10.0 Å². The van der Waals surface area contributed by atoms with Gasteiger partial charge in [0, 0.05) is 31.7 Å². The van der Waals surface area contributed by atoms with Crippen LogP contribution in [0.25, 0.3) is 0 Å². The van der Waals surface area contributed by atoms with Gasteiger partial charge in [-0.1, -0.05) is 42.5 Å². The van der Waals surface area contributed by atoms with Crippen molar-refractivity contribution < 1.29 is 14.3 Å². The second-order valence-corrected chi connectivity index (χ2v) is 7.06. The molecule has 1 aliphatic heterocycles. The summed E-state index contributed by atoms with van der Waals surface area (Å²) in [6.45, 7) is 6.07. The van der Waals surface area contributed by atoms with E-state index in [0.29, 0.717) is 18.7 Å². The average Bonchev–Trinajstić information content (AvgIpc) is 2.65. The molecule has 0 saturated carbocycles. The number of nitrogens with zero attached hydrogens (tertiary/aromatic N) is 2. The number of amides is 1. The van der Waals surface area contributed by atoms with Crippen LogP contribution >= 0.6 is 0 Å². The minimum atomic E-state index is -1.13.